The van der Waals surface area contributed by atoms with Crippen molar-refractivity contribution in [3.8, 4) is 23.1 Å². The van der Waals surface area contributed by atoms with Crippen LogP contribution < -0.4 is 20.7 Å². The number of hydrogen-bond acceptors (Lipinski definition) is 8. The highest BCUT2D eigenvalue weighted by atomic mass is 16.5. The van der Waals surface area contributed by atoms with Crippen LogP contribution in [-0.4, -0.2) is 59.6 Å². The number of fused-ring (bicyclic) bond motifs is 1. The van der Waals surface area contributed by atoms with Crippen molar-refractivity contribution in [1.82, 2.24) is 19.4 Å². The molecule has 0 aliphatic carbocycles. The Hall–Kier alpha value is -4.88. The lowest BCUT2D eigenvalue weighted by Crippen LogP contribution is -2.21. The van der Waals surface area contributed by atoms with E-state index in [1.165, 1.54) is 6.08 Å². The molecule has 0 atom stereocenters. The van der Waals surface area contributed by atoms with Gasteiger partial charge in [-0.1, -0.05) is 6.58 Å². The molecule has 0 aliphatic rings. The minimum atomic E-state index is -0.333. The van der Waals surface area contributed by atoms with Gasteiger partial charge in [-0.15, -0.1) is 0 Å². The number of benzene rings is 2. The number of methoxy groups -OCH3 is 1. The van der Waals surface area contributed by atoms with E-state index in [2.05, 4.69) is 38.5 Å². The van der Waals surface area contributed by atoms with E-state index in [9.17, 15) is 10.1 Å². The van der Waals surface area contributed by atoms with E-state index in [0.29, 0.717) is 46.6 Å². The standard InChI is InChI=1S/C29H32N8O2/c1-7-27(38)33-24-14-25(26(39-6)15-23(24)31-10-11-36(3)4)35-29-32-9-8-22(34-29)19-12-20(16-30)28-21(13-19)18(2)17-37(28)5/h7-9,12-15,17,31H,1,10-11H2,2-6H3,(H,33,38)(H,32,34,35). The zero-order valence-corrected chi connectivity index (χ0v) is 22.8. The molecule has 200 valence electrons. The number of hydrogen-bond donors (Lipinski definition) is 3. The molecule has 0 spiro atoms. The fraction of sp³-hybridized carbons (Fsp3) is 0.241. The molecule has 0 unspecified atom stereocenters. The lowest BCUT2D eigenvalue weighted by Gasteiger charge is -2.19. The Morgan fingerprint density at radius 2 is 2.03 bits per heavy atom. The van der Waals surface area contributed by atoms with Gasteiger partial charge in [0.2, 0.25) is 11.9 Å². The third-order valence-electron chi connectivity index (χ3n) is 6.25. The van der Waals surface area contributed by atoms with Crippen LogP contribution in [0, 0.1) is 18.3 Å². The predicted molar refractivity (Wildman–Crippen MR) is 156 cm³/mol. The molecular formula is C29H32N8O2. The van der Waals surface area contributed by atoms with Crippen LogP contribution in [0.1, 0.15) is 11.1 Å². The molecule has 10 heteroatoms. The van der Waals surface area contributed by atoms with E-state index in [1.807, 2.05) is 57.0 Å². The molecule has 2 heterocycles. The van der Waals surface area contributed by atoms with Crippen LogP contribution in [0.5, 0.6) is 5.75 Å². The predicted octanol–water partition coefficient (Wildman–Crippen LogP) is 4.67. The molecule has 0 saturated carbocycles. The number of nitriles is 1. The van der Waals surface area contributed by atoms with Crippen molar-refractivity contribution in [2.45, 2.75) is 6.92 Å². The first kappa shape index (κ1) is 27.2. The summed E-state index contributed by atoms with van der Waals surface area (Å²) in [7, 11) is 7.49. The van der Waals surface area contributed by atoms with Crippen molar-refractivity contribution in [2.24, 2.45) is 7.05 Å². The molecule has 0 saturated heterocycles. The van der Waals surface area contributed by atoms with E-state index >= 15 is 0 Å². The van der Waals surface area contributed by atoms with Crippen LogP contribution >= 0.6 is 0 Å². The third-order valence-corrected chi connectivity index (χ3v) is 6.25. The normalized spacial score (nSPS) is 10.8. The highest BCUT2D eigenvalue weighted by molar-refractivity contribution is 6.02. The summed E-state index contributed by atoms with van der Waals surface area (Å²) in [5.41, 5.74) is 5.86. The van der Waals surface area contributed by atoms with E-state index in [-0.39, 0.29) is 5.91 Å². The number of amides is 1. The molecule has 0 bridgehead atoms. The van der Waals surface area contributed by atoms with Gasteiger partial charge in [0.15, 0.2) is 0 Å². The monoisotopic (exact) mass is 524 g/mol. The minimum Gasteiger partial charge on any atom is -0.494 e. The molecule has 39 heavy (non-hydrogen) atoms. The number of carbonyl (C=O) groups is 1. The van der Waals surface area contributed by atoms with Crippen LogP contribution in [0.25, 0.3) is 22.2 Å². The summed E-state index contributed by atoms with van der Waals surface area (Å²) in [4.78, 5) is 23.3. The first-order chi connectivity index (χ1) is 18.7. The second-order valence-corrected chi connectivity index (χ2v) is 9.37. The summed E-state index contributed by atoms with van der Waals surface area (Å²) in [6.07, 6.45) is 4.88. The average molecular weight is 525 g/mol. The molecule has 10 nitrogen and oxygen atoms in total. The van der Waals surface area contributed by atoms with Gasteiger partial charge in [-0.05, 0) is 56.9 Å². The summed E-state index contributed by atoms with van der Waals surface area (Å²) in [6.45, 7) is 7.05. The Labute approximate surface area is 227 Å². The molecule has 3 N–H and O–H groups in total. The van der Waals surface area contributed by atoms with Gasteiger partial charge in [0.1, 0.15) is 11.8 Å². The SMILES string of the molecule is C=CC(=O)Nc1cc(Nc2nccc(-c3cc(C#N)c4c(c3)c(C)cn4C)n2)c(OC)cc1NCCN(C)C. The molecule has 2 aromatic heterocycles. The number of rotatable bonds is 10. The van der Waals surface area contributed by atoms with E-state index in [0.717, 1.165) is 28.6 Å². The van der Waals surface area contributed by atoms with Crippen LogP contribution in [0.4, 0.5) is 23.0 Å². The van der Waals surface area contributed by atoms with Crippen molar-refractivity contribution in [1.29, 1.82) is 5.26 Å². The lowest BCUT2D eigenvalue weighted by molar-refractivity contribution is -0.111. The number of likely N-dealkylation sites (N-methyl/N-ethyl adjacent to an activating group) is 1. The van der Waals surface area contributed by atoms with Crippen molar-refractivity contribution >= 4 is 39.8 Å². The molecule has 0 fully saturated rings. The van der Waals surface area contributed by atoms with Gasteiger partial charge in [0, 0.05) is 49.5 Å². The number of aromatic nitrogens is 3. The van der Waals surface area contributed by atoms with Crippen LogP contribution in [0.3, 0.4) is 0 Å². The van der Waals surface area contributed by atoms with Crippen LogP contribution in [0.2, 0.25) is 0 Å². The van der Waals surface area contributed by atoms with Gasteiger partial charge in [0.05, 0.1) is 40.9 Å². The second-order valence-electron chi connectivity index (χ2n) is 9.37. The number of nitrogens with zero attached hydrogens (tertiary/aromatic N) is 5. The summed E-state index contributed by atoms with van der Waals surface area (Å²) < 4.78 is 7.61. The van der Waals surface area contributed by atoms with Gasteiger partial charge in [-0.25, -0.2) is 9.97 Å². The van der Waals surface area contributed by atoms with E-state index < -0.39 is 0 Å². The number of nitrogens with one attached hydrogen (secondary N) is 3. The number of anilines is 4. The molecule has 0 radical (unpaired) electrons. The zero-order chi connectivity index (χ0) is 28.1. The third kappa shape index (κ3) is 6.00. The van der Waals surface area contributed by atoms with Gasteiger partial charge < -0.3 is 30.2 Å². The Balaban J connectivity index is 1.70. The number of carbonyl (C=O) groups excluding carboxylic acids is 1. The Kier molecular flexibility index (Phi) is 8.13. The maximum absolute atomic E-state index is 12.1. The van der Waals surface area contributed by atoms with Gasteiger partial charge >= 0.3 is 0 Å². The van der Waals surface area contributed by atoms with Gasteiger partial charge in [-0.2, -0.15) is 5.26 Å². The molecule has 2 aromatic carbocycles. The maximum Gasteiger partial charge on any atom is 0.247 e. The molecule has 4 rings (SSSR count). The summed E-state index contributed by atoms with van der Waals surface area (Å²) >= 11 is 0. The summed E-state index contributed by atoms with van der Waals surface area (Å²) in [5, 5.41) is 20.2. The van der Waals surface area contributed by atoms with E-state index in [1.54, 1.807) is 25.4 Å². The first-order valence-corrected chi connectivity index (χ1v) is 12.4. The van der Waals surface area contributed by atoms with Crippen molar-refractivity contribution in [3.05, 3.63) is 66.5 Å². The second kappa shape index (κ2) is 11.7. The average Bonchev–Trinajstić information content (AvgIpc) is 3.22. The molecular weight excluding hydrogens is 492 g/mol. The topological polar surface area (TPSA) is 120 Å². The number of aryl methyl sites for hydroxylation is 2. The lowest BCUT2D eigenvalue weighted by atomic mass is 10.0. The smallest absolute Gasteiger partial charge is 0.247 e. The summed E-state index contributed by atoms with van der Waals surface area (Å²) in [5.74, 6) is 0.546. The quantitative estimate of drug-likeness (QED) is 0.256. The van der Waals surface area contributed by atoms with Gasteiger partial charge in [0.25, 0.3) is 0 Å². The fourth-order valence-electron chi connectivity index (χ4n) is 4.37. The zero-order valence-electron chi connectivity index (χ0n) is 22.8. The Morgan fingerprint density at radius 1 is 1.23 bits per heavy atom. The highest BCUT2D eigenvalue weighted by Gasteiger charge is 2.16. The van der Waals surface area contributed by atoms with Crippen molar-refractivity contribution in [3.63, 3.8) is 0 Å². The van der Waals surface area contributed by atoms with E-state index in [4.69, 9.17) is 9.72 Å². The van der Waals surface area contributed by atoms with Crippen molar-refractivity contribution < 1.29 is 9.53 Å². The highest BCUT2D eigenvalue weighted by Crippen LogP contribution is 2.37. The minimum absolute atomic E-state index is 0.333. The van der Waals surface area contributed by atoms with Crippen LogP contribution in [-0.2, 0) is 11.8 Å². The maximum atomic E-state index is 12.1. The molecule has 4 aromatic rings. The largest absolute Gasteiger partial charge is 0.494 e. The van der Waals surface area contributed by atoms with Crippen LogP contribution in [0.15, 0.2) is 55.4 Å². The fourth-order valence-corrected chi connectivity index (χ4v) is 4.37. The molecule has 1 amide bonds. The summed E-state index contributed by atoms with van der Waals surface area (Å²) in [6, 6.07) is 11.6. The van der Waals surface area contributed by atoms with Crippen molar-refractivity contribution in [2.75, 3.05) is 50.2 Å². The molecule has 0 aliphatic heterocycles. The Morgan fingerprint density at radius 3 is 2.72 bits per heavy atom. The first-order valence-electron chi connectivity index (χ1n) is 12.4. The number of ether oxygens (including phenoxy) is 1. The Bertz CT molecular complexity index is 1580. The van der Waals surface area contributed by atoms with Gasteiger partial charge in [-0.3, -0.25) is 4.79 Å².